The number of furan rings is 1. The zero-order chi connectivity index (χ0) is 29.3. The Morgan fingerprint density at radius 1 is 1.15 bits per heavy atom. The van der Waals surface area contributed by atoms with Gasteiger partial charge in [0.05, 0.1) is 41.6 Å². The molecule has 0 radical (unpaired) electrons. The molecule has 0 N–H and O–H groups in total. The van der Waals surface area contributed by atoms with E-state index in [0.29, 0.717) is 49.2 Å². The second-order valence-electron chi connectivity index (χ2n) is 8.92. The Morgan fingerprint density at radius 3 is 2.56 bits per heavy atom. The van der Waals surface area contributed by atoms with Gasteiger partial charge in [-0.05, 0) is 56.3 Å². The highest BCUT2D eigenvalue weighted by Gasteiger charge is 2.35. The first-order valence-electron chi connectivity index (χ1n) is 12.5. The van der Waals surface area contributed by atoms with E-state index in [0.717, 1.165) is 11.3 Å². The van der Waals surface area contributed by atoms with Gasteiger partial charge in [0.15, 0.2) is 4.80 Å². The minimum atomic E-state index is -0.884. The van der Waals surface area contributed by atoms with Gasteiger partial charge in [0.2, 0.25) is 0 Å². The number of rotatable bonds is 8. The Morgan fingerprint density at radius 2 is 1.90 bits per heavy atom. The van der Waals surface area contributed by atoms with Crippen molar-refractivity contribution in [1.29, 1.82) is 0 Å². The zero-order valence-electron chi connectivity index (χ0n) is 22.6. The highest BCUT2D eigenvalue weighted by Crippen LogP contribution is 2.38. The molecular formula is C29H25N3O8S. The predicted octanol–water partition coefficient (Wildman–Crippen LogP) is 3.98. The van der Waals surface area contributed by atoms with Gasteiger partial charge in [-0.15, -0.1) is 0 Å². The Hall–Kier alpha value is -4.97. The fourth-order valence-corrected chi connectivity index (χ4v) is 5.63. The molecule has 1 aliphatic rings. The molecule has 0 spiro atoms. The summed E-state index contributed by atoms with van der Waals surface area (Å²) in [5.74, 6) is 1.28. The van der Waals surface area contributed by atoms with Crippen LogP contribution in [-0.4, -0.2) is 36.3 Å². The summed E-state index contributed by atoms with van der Waals surface area (Å²) in [6.07, 6.45) is 1.60. The van der Waals surface area contributed by atoms with Crippen molar-refractivity contribution in [2.75, 3.05) is 20.8 Å². The highest BCUT2D eigenvalue weighted by molar-refractivity contribution is 7.07. The van der Waals surface area contributed by atoms with Gasteiger partial charge in [0.1, 0.15) is 29.1 Å². The van der Waals surface area contributed by atoms with Crippen LogP contribution in [0.3, 0.4) is 0 Å². The van der Waals surface area contributed by atoms with Gasteiger partial charge >= 0.3 is 5.97 Å². The van der Waals surface area contributed by atoms with E-state index in [1.807, 2.05) is 0 Å². The van der Waals surface area contributed by atoms with Crippen molar-refractivity contribution in [3.8, 4) is 22.8 Å². The number of nitro groups is 1. The van der Waals surface area contributed by atoms with Crippen molar-refractivity contribution in [3.05, 3.63) is 107 Å². The smallest absolute Gasteiger partial charge is 0.338 e. The maximum absolute atomic E-state index is 13.9. The number of methoxy groups -OCH3 is 2. The van der Waals surface area contributed by atoms with E-state index in [1.54, 1.807) is 62.4 Å². The van der Waals surface area contributed by atoms with Crippen molar-refractivity contribution in [2.24, 2.45) is 4.99 Å². The molecule has 1 aliphatic heterocycles. The first-order valence-corrected chi connectivity index (χ1v) is 13.3. The third-order valence-electron chi connectivity index (χ3n) is 6.51. The number of hydrogen-bond acceptors (Lipinski definition) is 10. The van der Waals surface area contributed by atoms with E-state index in [1.165, 1.54) is 30.9 Å². The SMILES string of the molecule is CCOC(=O)C1=C(C)N=c2s/c(=C/c3ccc(-c4ccc([N+](=O)[O-])cc4)o3)c(=O)n2[C@H]1c1cc(OC)ccc1OC. The molecule has 41 heavy (non-hydrogen) atoms. The lowest BCUT2D eigenvalue weighted by molar-refractivity contribution is -0.384. The molecule has 4 aromatic rings. The lowest BCUT2D eigenvalue weighted by Gasteiger charge is -2.26. The summed E-state index contributed by atoms with van der Waals surface area (Å²) in [6, 6.07) is 13.7. The molecule has 2 aromatic heterocycles. The molecule has 0 amide bonds. The molecule has 0 unspecified atom stereocenters. The minimum absolute atomic E-state index is 0.0265. The number of thiazole rings is 1. The van der Waals surface area contributed by atoms with Gasteiger partial charge in [-0.1, -0.05) is 11.3 Å². The summed E-state index contributed by atoms with van der Waals surface area (Å²) in [7, 11) is 3.04. The van der Waals surface area contributed by atoms with Crippen LogP contribution in [0.1, 0.15) is 31.2 Å². The molecule has 12 heteroatoms. The molecule has 0 saturated carbocycles. The molecule has 0 bridgehead atoms. The highest BCUT2D eigenvalue weighted by atomic mass is 32.1. The van der Waals surface area contributed by atoms with Crippen molar-refractivity contribution in [2.45, 2.75) is 19.9 Å². The van der Waals surface area contributed by atoms with Crippen molar-refractivity contribution < 1.29 is 28.3 Å². The van der Waals surface area contributed by atoms with E-state index in [9.17, 15) is 19.7 Å². The van der Waals surface area contributed by atoms with Crippen LogP contribution in [0.15, 0.2) is 80.1 Å². The number of non-ortho nitro benzene ring substituents is 1. The van der Waals surface area contributed by atoms with Crippen LogP contribution in [-0.2, 0) is 9.53 Å². The average molecular weight is 576 g/mol. The lowest BCUT2D eigenvalue weighted by atomic mass is 9.95. The predicted molar refractivity (Wildman–Crippen MR) is 151 cm³/mol. The maximum Gasteiger partial charge on any atom is 0.338 e. The number of carbonyl (C=O) groups is 1. The van der Waals surface area contributed by atoms with E-state index in [4.69, 9.17) is 18.6 Å². The van der Waals surface area contributed by atoms with Crippen molar-refractivity contribution >= 4 is 29.1 Å². The number of benzene rings is 2. The summed E-state index contributed by atoms with van der Waals surface area (Å²) < 4.78 is 24.1. The summed E-state index contributed by atoms with van der Waals surface area (Å²) in [4.78, 5) is 42.5. The number of fused-ring (bicyclic) bond motifs is 1. The van der Waals surface area contributed by atoms with Gasteiger partial charge in [-0.25, -0.2) is 9.79 Å². The number of esters is 1. The molecule has 5 rings (SSSR count). The molecule has 210 valence electrons. The minimum Gasteiger partial charge on any atom is -0.497 e. The Bertz CT molecular complexity index is 1860. The van der Waals surface area contributed by atoms with Gasteiger partial charge in [-0.3, -0.25) is 19.5 Å². The van der Waals surface area contributed by atoms with Crippen LogP contribution in [0.2, 0.25) is 0 Å². The maximum atomic E-state index is 13.9. The van der Waals surface area contributed by atoms with Crippen LogP contribution in [0.5, 0.6) is 11.5 Å². The zero-order valence-corrected chi connectivity index (χ0v) is 23.4. The average Bonchev–Trinajstić information content (AvgIpc) is 3.56. The van der Waals surface area contributed by atoms with Crippen LogP contribution < -0.4 is 24.4 Å². The monoisotopic (exact) mass is 575 g/mol. The van der Waals surface area contributed by atoms with Crippen LogP contribution in [0, 0.1) is 10.1 Å². The molecule has 0 aliphatic carbocycles. The topological polar surface area (TPSA) is 135 Å². The number of carbonyl (C=O) groups excluding carboxylic acids is 1. The largest absolute Gasteiger partial charge is 0.497 e. The van der Waals surface area contributed by atoms with Crippen LogP contribution in [0.25, 0.3) is 17.4 Å². The van der Waals surface area contributed by atoms with Crippen LogP contribution >= 0.6 is 11.3 Å². The first kappa shape index (κ1) is 27.6. The number of nitro benzene ring substituents is 1. The third-order valence-corrected chi connectivity index (χ3v) is 7.49. The molecule has 11 nitrogen and oxygen atoms in total. The van der Waals surface area contributed by atoms with E-state index in [-0.39, 0.29) is 23.4 Å². The number of ether oxygens (including phenoxy) is 3. The van der Waals surface area contributed by atoms with E-state index < -0.39 is 16.9 Å². The number of nitrogens with zero attached hydrogens (tertiary/aromatic N) is 3. The molecule has 2 aromatic carbocycles. The van der Waals surface area contributed by atoms with Crippen molar-refractivity contribution in [1.82, 2.24) is 4.57 Å². The Kier molecular flexibility index (Phi) is 7.58. The van der Waals surface area contributed by atoms with Gasteiger partial charge < -0.3 is 18.6 Å². The molecular weight excluding hydrogens is 550 g/mol. The second-order valence-corrected chi connectivity index (χ2v) is 9.93. The fourth-order valence-electron chi connectivity index (χ4n) is 4.60. The lowest BCUT2D eigenvalue weighted by Crippen LogP contribution is -2.40. The summed E-state index contributed by atoms with van der Waals surface area (Å²) in [5.41, 5.74) is 1.42. The molecule has 0 fully saturated rings. The Labute approximate surface area is 237 Å². The molecule has 3 heterocycles. The summed E-state index contributed by atoms with van der Waals surface area (Å²) in [5, 5.41) is 11.0. The fraction of sp³-hybridized carbons (Fsp3) is 0.207. The van der Waals surface area contributed by atoms with Gasteiger partial charge in [0, 0.05) is 29.3 Å². The number of allylic oxidation sites excluding steroid dienone is 1. The number of aromatic nitrogens is 1. The third kappa shape index (κ3) is 5.16. The van der Waals surface area contributed by atoms with E-state index in [2.05, 4.69) is 4.99 Å². The Balaban J connectivity index is 1.64. The van der Waals surface area contributed by atoms with Gasteiger partial charge in [0.25, 0.3) is 11.2 Å². The van der Waals surface area contributed by atoms with Crippen LogP contribution in [0.4, 0.5) is 5.69 Å². The summed E-state index contributed by atoms with van der Waals surface area (Å²) in [6.45, 7) is 3.56. The number of hydrogen-bond donors (Lipinski definition) is 0. The van der Waals surface area contributed by atoms with Crippen molar-refractivity contribution in [3.63, 3.8) is 0 Å². The normalized spacial score (nSPS) is 14.8. The molecule has 0 saturated heterocycles. The molecule has 1 atom stereocenters. The first-order chi connectivity index (χ1) is 19.7. The van der Waals surface area contributed by atoms with Gasteiger partial charge in [-0.2, -0.15) is 0 Å². The standard InChI is InChI=1S/C29H25N3O8S/c1-5-39-28(34)25-16(2)30-29-31(26(25)21-14-19(37-3)10-13-23(21)38-4)27(33)24(41-29)15-20-11-12-22(40-20)17-6-8-18(9-7-17)32(35)36/h6-15,26H,5H2,1-4H3/b24-15+/t26-/m0/s1. The van der Waals surface area contributed by atoms with E-state index >= 15 is 0 Å². The summed E-state index contributed by atoms with van der Waals surface area (Å²) >= 11 is 1.15. The second kappa shape index (κ2) is 11.3. The quantitative estimate of drug-likeness (QED) is 0.175.